The summed E-state index contributed by atoms with van der Waals surface area (Å²) >= 11 is 0. The lowest BCUT2D eigenvalue weighted by molar-refractivity contribution is -0.132. The van der Waals surface area contributed by atoms with E-state index in [0.717, 1.165) is 0 Å². The van der Waals surface area contributed by atoms with E-state index in [2.05, 4.69) is 5.73 Å². The lowest BCUT2D eigenvalue weighted by Crippen LogP contribution is -1.93. The predicted octanol–water partition coefficient (Wildman–Crippen LogP) is 2.04. The van der Waals surface area contributed by atoms with Crippen molar-refractivity contribution in [2.45, 2.75) is 6.92 Å². The molecule has 0 spiro atoms. The number of phenolic OH excluding ortho intramolecular Hbond substituents is 1. The molecule has 0 aliphatic heterocycles. The summed E-state index contributed by atoms with van der Waals surface area (Å²) in [6.45, 7) is 1.44. The average molecular weight is 190 g/mol. The van der Waals surface area contributed by atoms with Crippen LogP contribution in [0.15, 0.2) is 35.6 Å². The fourth-order valence-corrected chi connectivity index (χ4v) is 0.857. The molecule has 0 saturated heterocycles. The summed E-state index contributed by atoms with van der Waals surface area (Å²) in [6, 6.07) is 6.66. The van der Waals surface area contributed by atoms with Gasteiger partial charge in [-0.05, 0) is 19.1 Å². The molecule has 72 valence electrons. The van der Waals surface area contributed by atoms with E-state index in [4.69, 9.17) is 5.11 Å². The number of benzene rings is 1. The Hall–Kier alpha value is -1.99. The molecular weight excluding hydrogens is 180 g/mol. The fourth-order valence-electron chi connectivity index (χ4n) is 0.857. The molecule has 0 saturated carbocycles. The molecule has 3 heteroatoms. The van der Waals surface area contributed by atoms with Crippen molar-refractivity contribution >= 4 is 12.0 Å². The second-order valence-corrected chi connectivity index (χ2v) is 2.78. The third-order valence-electron chi connectivity index (χ3n) is 1.70. The zero-order valence-corrected chi connectivity index (χ0v) is 7.69. The molecule has 2 N–H and O–H groups in total. The number of aliphatic carboxylic acids is 1. The van der Waals surface area contributed by atoms with Gasteiger partial charge in [0, 0.05) is 5.56 Å². The summed E-state index contributed by atoms with van der Waals surface area (Å²) in [5, 5.41) is 17.9. The number of hydrogen-bond donors (Lipinski definition) is 2. The van der Waals surface area contributed by atoms with Crippen molar-refractivity contribution < 1.29 is 15.0 Å². The number of hydrogen-bond acceptors (Lipinski definition) is 2. The van der Waals surface area contributed by atoms with Crippen LogP contribution in [0.5, 0.6) is 5.75 Å². The number of para-hydroxylation sites is 1. The van der Waals surface area contributed by atoms with Crippen molar-refractivity contribution in [3.63, 3.8) is 0 Å². The van der Waals surface area contributed by atoms with Crippen molar-refractivity contribution in [2.24, 2.45) is 0 Å². The average Bonchev–Trinajstić information content (AvgIpc) is 2.16. The summed E-state index contributed by atoms with van der Waals surface area (Å²) in [6.07, 6.45) is 1.44. The van der Waals surface area contributed by atoms with Crippen molar-refractivity contribution in [1.29, 1.82) is 0 Å². The molecule has 0 aromatic heterocycles. The van der Waals surface area contributed by atoms with Gasteiger partial charge in [0.05, 0.1) is 5.57 Å². The van der Waals surface area contributed by atoms with Crippen molar-refractivity contribution in [3.8, 4) is 5.75 Å². The zero-order valence-electron chi connectivity index (χ0n) is 7.69. The second-order valence-electron chi connectivity index (χ2n) is 2.78. The van der Waals surface area contributed by atoms with Crippen LogP contribution in [0.1, 0.15) is 12.5 Å². The third kappa shape index (κ3) is 2.51. The molecule has 0 unspecified atom stereocenters. The van der Waals surface area contributed by atoms with Crippen LogP contribution < -0.4 is 0 Å². The minimum absolute atomic E-state index is 0.105. The van der Waals surface area contributed by atoms with Gasteiger partial charge in [-0.1, -0.05) is 18.2 Å². The summed E-state index contributed by atoms with van der Waals surface area (Å²) in [5.74, 6) is -0.908. The number of carboxylic acid groups (broad SMARTS) is 1. The first-order valence-electron chi connectivity index (χ1n) is 4.06. The van der Waals surface area contributed by atoms with Crippen LogP contribution in [0.25, 0.3) is 6.08 Å². The van der Waals surface area contributed by atoms with Gasteiger partial charge in [-0.3, -0.25) is 0 Å². The van der Waals surface area contributed by atoms with Gasteiger partial charge in [0.1, 0.15) is 5.75 Å². The third-order valence-corrected chi connectivity index (χ3v) is 1.70. The van der Waals surface area contributed by atoms with Crippen molar-refractivity contribution in [3.05, 3.63) is 41.1 Å². The first-order valence-corrected chi connectivity index (χ1v) is 4.06. The first-order chi connectivity index (χ1) is 6.61. The Morgan fingerprint density at radius 2 is 2.07 bits per heavy atom. The van der Waals surface area contributed by atoms with Gasteiger partial charge in [0.15, 0.2) is 0 Å². The molecule has 1 aromatic carbocycles. The quantitative estimate of drug-likeness (QED) is 0.554. The molecule has 0 aliphatic rings. The van der Waals surface area contributed by atoms with E-state index in [1.807, 2.05) is 0 Å². The van der Waals surface area contributed by atoms with Crippen LogP contribution in [-0.4, -0.2) is 16.2 Å². The Morgan fingerprint density at radius 3 is 2.64 bits per heavy atom. The lowest BCUT2D eigenvalue weighted by Gasteiger charge is -1.94. The number of carboxylic acids is 1. The summed E-state index contributed by atoms with van der Waals surface area (Å²) in [7, 11) is 0. The van der Waals surface area contributed by atoms with E-state index in [9.17, 15) is 9.90 Å². The fraction of sp³-hybridized carbons (Fsp3) is 0.0909. The van der Waals surface area contributed by atoms with Crippen LogP contribution in [0.3, 0.4) is 0 Å². The number of aromatic hydroxyl groups is 1. The Bertz CT molecular complexity index is 412. The largest absolute Gasteiger partial charge is 0.507 e. The highest BCUT2D eigenvalue weighted by Gasteiger charge is 1.97. The lowest BCUT2D eigenvalue weighted by atomic mass is 10.2. The highest BCUT2D eigenvalue weighted by atomic mass is 16.4. The van der Waals surface area contributed by atoms with Crippen LogP contribution in [-0.2, 0) is 4.79 Å². The monoisotopic (exact) mass is 190 g/mol. The van der Waals surface area contributed by atoms with E-state index >= 15 is 0 Å². The van der Waals surface area contributed by atoms with Gasteiger partial charge in [-0.25, -0.2) is 4.79 Å². The molecule has 3 nitrogen and oxygen atoms in total. The number of rotatable bonds is 2. The molecule has 0 atom stereocenters. The van der Waals surface area contributed by atoms with E-state index in [1.54, 1.807) is 18.2 Å². The Balaban J connectivity index is 3.05. The predicted molar refractivity (Wildman–Crippen MR) is 52.9 cm³/mol. The highest BCUT2D eigenvalue weighted by molar-refractivity contribution is 5.86. The maximum Gasteiger partial charge on any atom is 0.339 e. The minimum Gasteiger partial charge on any atom is -0.507 e. The SMILES string of the molecule is CC(=C=Cc1ccccc1O)C(=O)O. The van der Waals surface area contributed by atoms with Crippen LogP contribution in [0, 0.1) is 0 Å². The van der Waals surface area contributed by atoms with Crippen molar-refractivity contribution in [1.82, 2.24) is 0 Å². The maximum atomic E-state index is 10.4. The smallest absolute Gasteiger partial charge is 0.339 e. The Kier molecular flexibility index (Phi) is 3.10. The second kappa shape index (κ2) is 4.30. The topological polar surface area (TPSA) is 57.5 Å². The first kappa shape index (κ1) is 10.1. The van der Waals surface area contributed by atoms with E-state index in [1.165, 1.54) is 19.1 Å². The molecule has 0 heterocycles. The normalized spacial score (nSPS) is 8.93. The molecular formula is C11H10O3. The molecule has 1 aromatic rings. The standard InChI is InChI=1S/C11H10O3/c1-8(11(13)14)6-7-9-4-2-3-5-10(9)12/h2-5,7,12H,1H3,(H,13,14). The van der Waals surface area contributed by atoms with Gasteiger partial charge in [0.25, 0.3) is 0 Å². The van der Waals surface area contributed by atoms with E-state index in [-0.39, 0.29) is 11.3 Å². The molecule has 0 fully saturated rings. The summed E-state index contributed by atoms with van der Waals surface area (Å²) < 4.78 is 0. The van der Waals surface area contributed by atoms with Crippen LogP contribution in [0.2, 0.25) is 0 Å². The van der Waals surface area contributed by atoms with Gasteiger partial charge in [-0.15, -0.1) is 5.73 Å². The van der Waals surface area contributed by atoms with Gasteiger partial charge in [-0.2, -0.15) is 0 Å². The van der Waals surface area contributed by atoms with Crippen LogP contribution >= 0.6 is 0 Å². The van der Waals surface area contributed by atoms with Gasteiger partial charge < -0.3 is 10.2 Å². The van der Waals surface area contributed by atoms with E-state index < -0.39 is 5.97 Å². The summed E-state index contributed by atoms with van der Waals surface area (Å²) in [5.41, 5.74) is 3.23. The Morgan fingerprint density at radius 1 is 1.43 bits per heavy atom. The summed E-state index contributed by atoms with van der Waals surface area (Å²) in [4.78, 5) is 10.4. The number of phenols is 1. The molecule has 0 bridgehead atoms. The molecule has 14 heavy (non-hydrogen) atoms. The molecule has 0 radical (unpaired) electrons. The highest BCUT2D eigenvalue weighted by Crippen LogP contribution is 2.16. The minimum atomic E-state index is -1.02. The Labute approximate surface area is 81.6 Å². The molecule has 0 aliphatic carbocycles. The van der Waals surface area contributed by atoms with Crippen LogP contribution in [0.4, 0.5) is 0 Å². The van der Waals surface area contributed by atoms with Gasteiger partial charge >= 0.3 is 5.97 Å². The van der Waals surface area contributed by atoms with E-state index in [0.29, 0.717) is 5.56 Å². The molecule has 1 rings (SSSR count). The maximum absolute atomic E-state index is 10.4. The number of carbonyl (C=O) groups is 1. The zero-order chi connectivity index (χ0) is 10.6. The van der Waals surface area contributed by atoms with Gasteiger partial charge in [0.2, 0.25) is 0 Å². The van der Waals surface area contributed by atoms with Crippen molar-refractivity contribution in [2.75, 3.05) is 0 Å². The molecule has 0 amide bonds.